The molecule has 6 heteroatoms. The number of sulfonamides is 1. The maximum absolute atomic E-state index is 12.0. The average molecular weight is 248 g/mol. The highest BCUT2D eigenvalue weighted by atomic mass is 32.2. The summed E-state index contributed by atoms with van der Waals surface area (Å²) in [5, 5.41) is 3.12. The van der Waals surface area contributed by atoms with E-state index in [0.717, 1.165) is 32.4 Å². The average Bonchev–Trinajstić information content (AvgIpc) is 2.71. The highest BCUT2D eigenvalue weighted by Gasteiger charge is 2.27. The second kappa shape index (κ2) is 5.44. The summed E-state index contributed by atoms with van der Waals surface area (Å²) in [7, 11) is -3.08. The number of rotatable bonds is 2. The van der Waals surface area contributed by atoms with Crippen molar-refractivity contribution in [2.24, 2.45) is 0 Å². The molecule has 0 amide bonds. The van der Waals surface area contributed by atoms with Crippen LogP contribution in [0.4, 0.5) is 0 Å². The molecule has 2 rings (SSSR count). The van der Waals surface area contributed by atoms with Crippen LogP contribution in [0.5, 0.6) is 0 Å². The summed E-state index contributed by atoms with van der Waals surface area (Å²) in [4.78, 5) is 0. The predicted octanol–water partition coefficient (Wildman–Crippen LogP) is -0.210. The van der Waals surface area contributed by atoms with Crippen LogP contribution in [0.15, 0.2) is 0 Å². The minimum absolute atomic E-state index is 0.113. The molecule has 1 atom stereocenters. The fourth-order valence-electron chi connectivity index (χ4n) is 2.20. The normalized spacial score (nSPS) is 32.1. The summed E-state index contributed by atoms with van der Waals surface area (Å²) < 4.78 is 31.1. The van der Waals surface area contributed by atoms with Crippen LogP contribution in [0.2, 0.25) is 0 Å². The lowest BCUT2D eigenvalue weighted by atomic mass is 10.2. The molecule has 0 aromatic rings. The number of hydrogen-bond donors (Lipinski definition) is 1. The van der Waals surface area contributed by atoms with E-state index in [9.17, 15) is 8.42 Å². The van der Waals surface area contributed by atoms with Gasteiger partial charge in [0.25, 0.3) is 0 Å². The molecule has 5 nitrogen and oxygen atoms in total. The van der Waals surface area contributed by atoms with Gasteiger partial charge in [-0.2, -0.15) is 4.31 Å². The molecule has 0 bridgehead atoms. The Morgan fingerprint density at radius 1 is 1.31 bits per heavy atom. The van der Waals surface area contributed by atoms with Gasteiger partial charge in [0, 0.05) is 26.2 Å². The zero-order valence-corrected chi connectivity index (χ0v) is 10.3. The quantitative estimate of drug-likeness (QED) is 0.734. The van der Waals surface area contributed by atoms with Crippen molar-refractivity contribution >= 4 is 10.0 Å². The standard InChI is InChI=1S/C10H20N2O3S/c13-16(14)8-5-11-4-2-6-12(16)9-10-3-1-7-15-10/h10-11H,1-9H2. The number of hydrogen-bond acceptors (Lipinski definition) is 4. The molecule has 16 heavy (non-hydrogen) atoms. The van der Waals surface area contributed by atoms with Gasteiger partial charge in [0.15, 0.2) is 0 Å². The van der Waals surface area contributed by atoms with Crippen LogP contribution >= 0.6 is 0 Å². The summed E-state index contributed by atoms with van der Waals surface area (Å²) in [5.41, 5.74) is 0. The topological polar surface area (TPSA) is 58.6 Å². The molecule has 0 aromatic carbocycles. The van der Waals surface area contributed by atoms with E-state index in [1.165, 1.54) is 0 Å². The van der Waals surface area contributed by atoms with Crippen LogP contribution < -0.4 is 5.32 Å². The summed E-state index contributed by atoms with van der Waals surface area (Å²) in [5.74, 6) is 0.208. The molecular formula is C10H20N2O3S. The molecule has 2 aliphatic rings. The smallest absolute Gasteiger partial charge is 0.215 e. The molecule has 2 aliphatic heterocycles. The summed E-state index contributed by atoms with van der Waals surface area (Å²) in [6.45, 7) is 3.40. The van der Waals surface area contributed by atoms with Crippen molar-refractivity contribution in [1.82, 2.24) is 9.62 Å². The lowest BCUT2D eigenvalue weighted by molar-refractivity contribution is 0.0933. The molecule has 2 fully saturated rings. The molecule has 0 saturated carbocycles. The minimum atomic E-state index is -3.08. The number of ether oxygens (including phenoxy) is 1. The first-order chi connectivity index (χ1) is 7.68. The van der Waals surface area contributed by atoms with Crippen LogP contribution in [0.25, 0.3) is 0 Å². The lowest BCUT2D eigenvalue weighted by Gasteiger charge is -2.26. The first-order valence-corrected chi connectivity index (χ1v) is 7.59. The van der Waals surface area contributed by atoms with E-state index in [1.807, 2.05) is 0 Å². The van der Waals surface area contributed by atoms with E-state index in [2.05, 4.69) is 5.32 Å². The van der Waals surface area contributed by atoms with Crippen molar-refractivity contribution in [3.05, 3.63) is 0 Å². The largest absolute Gasteiger partial charge is 0.377 e. The van der Waals surface area contributed by atoms with Gasteiger partial charge in [-0.25, -0.2) is 8.42 Å². The van der Waals surface area contributed by atoms with Crippen molar-refractivity contribution in [2.75, 3.05) is 38.5 Å². The van der Waals surface area contributed by atoms with Crippen molar-refractivity contribution < 1.29 is 13.2 Å². The van der Waals surface area contributed by atoms with Gasteiger partial charge in [0.2, 0.25) is 10.0 Å². The van der Waals surface area contributed by atoms with Gasteiger partial charge in [0.05, 0.1) is 11.9 Å². The third-order valence-corrected chi connectivity index (χ3v) is 4.96. The van der Waals surface area contributed by atoms with Crippen LogP contribution in [0.3, 0.4) is 0 Å². The Morgan fingerprint density at radius 2 is 2.19 bits per heavy atom. The molecule has 94 valence electrons. The highest BCUT2D eigenvalue weighted by Crippen LogP contribution is 2.16. The molecule has 2 heterocycles. The monoisotopic (exact) mass is 248 g/mol. The highest BCUT2D eigenvalue weighted by molar-refractivity contribution is 7.89. The first-order valence-electron chi connectivity index (χ1n) is 5.99. The van der Waals surface area contributed by atoms with E-state index >= 15 is 0 Å². The second-order valence-corrected chi connectivity index (χ2v) is 6.50. The van der Waals surface area contributed by atoms with E-state index in [-0.39, 0.29) is 11.9 Å². The Morgan fingerprint density at radius 3 is 2.94 bits per heavy atom. The van der Waals surface area contributed by atoms with E-state index in [4.69, 9.17) is 4.74 Å². The lowest BCUT2D eigenvalue weighted by Crippen LogP contribution is -2.44. The number of nitrogens with zero attached hydrogens (tertiary/aromatic N) is 1. The Bertz CT molecular complexity index is 312. The van der Waals surface area contributed by atoms with Gasteiger partial charge < -0.3 is 10.1 Å². The molecule has 0 spiro atoms. The fraction of sp³-hybridized carbons (Fsp3) is 1.00. The molecule has 1 N–H and O–H groups in total. The summed E-state index contributed by atoms with van der Waals surface area (Å²) >= 11 is 0. The van der Waals surface area contributed by atoms with Crippen LogP contribution in [0, 0.1) is 0 Å². The Kier molecular flexibility index (Phi) is 4.18. The van der Waals surface area contributed by atoms with Crippen molar-refractivity contribution in [3.63, 3.8) is 0 Å². The van der Waals surface area contributed by atoms with Gasteiger partial charge in [0.1, 0.15) is 0 Å². The van der Waals surface area contributed by atoms with Gasteiger partial charge in [-0.3, -0.25) is 0 Å². The van der Waals surface area contributed by atoms with Crippen molar-refractivity contribution in [2.45, 2.75) is 25.4 Å². The van der Waals surface area contributed by atoms with Crippen LogP contribution in [-0.4, -0.2) is 57.4 Å². The SMILES string of the molecule is O=S1(=O)CCNCCCN1CC1CCCO1. The van der Waals surface area contributed by atoms with Crippen molar-refractivity contribution in [1.29, 1.82) is 0 Å². The van der Waals surface area contributed by atoms with Gasteiger partial charge >= 0.3 is 0 Å². The van der Waals surface area contributed by atoms with E-state index in [1.54, 1.807) is 4.31 Å². The fourth-order valence-corrected chi connectivity index (χ4v) is 3.66. The van der Waals surface area contributed by atoms with Crippen LogP contribution in [0.1, 0.15) is 19.3 Å². The second-order valence-electron chi connectivity index (χ2n) is 4.41. The Balaban J connectivity index is 1.97. The van der Waals surface area contributed by atoms with Crippen LogP contribution in [-0.2, 0) is 14.8 Å². The molecule has 0 aliphatic carbocycles. The van der Waals surface area contributed by atoms with E-state index < -0.39 is 10.0 Å². The summed E-state index contributed by atoms with van der Waals surface area (Å²) in [6, 6.07) is 0. The minimum Gasteiger partial charge on any atom is -0.377 e. The van der Waals surface area contributed by atoms with Crippen molar-refractivity contribution in [3.8, 4) is 0 Å². The Hall–Kier alpha value is -0.170. The summed E-state index contributed by atoms with van der Waals surface area (Å²) in [6.07, 6.45) is 3.04. The van der Waals surface area contributed by atoms with E-state index in [0.29, 0.717) is 19.6 Å². The predicted molar refractivity (Wildman–Crippen MR) is 61.8 cm³/mol. The first kappa shape index (κ1) is 12.3. The van der Waals surface area contributed by atoms with Gasteiger partial charge in [-0.1, -0.05) is 0 Å². The zero-order chi connectivity index (χ0) is 11.4. The molecule has 2 saturated heterocycles. The number of nitrogens with one attached hydrogen (secondary N) is 1. The third-order valence-electron chi connectivity index (χ3n) is 3.12. The molecular weight excluding hydrogens is 228 g/mol. The zero-order valence-electron chi connectivity index (χ0n) is 9.52. The third kappa shape index (κ3) is 3.16. The molecule has 0 aromatic heterocycles. The van der Waals surface area contributed by atoms with Gasteiger partial charge in [-0.05, 0) is 25.8 Å². The van der Waals surface area contributed by atoms with Gasteiger partial charge in [-0.15, -0.1) is 0 Å². The Labute approximate surface area is 97.2 Å². The maximum atomic E-state index is 12.0. The molecule has 0 radical (unpaired) electrons. The molecule has 1 unspecified atom stereocenters. The maximum Gasteiger partial charge on any atom is 0.215 e.